The maximum Gasteiger partial charge on any atom is 0.331 e. The Bertz CT molecular complexity index is 1160. The molecule has 0 aliphatic carbocycles. The Morgan fingerprint density at radius 2 is 1.76 bits per heavy atom. The number of hydrogen-bond acceptors (Lipinski definition) is 4. The van der Waals surface area contributed by atoms with Crippen molar-refractivity contribution in [3.8, 4) is 0 Å². The van der Waals surface area contributed by atoms with Crippen LogP contribution in [0.4, 0.5) is 5.69 Å². The number of para-hydroxylation sites is 1. The molecule has 0 bridgehead atoms. The Kier molecular flexibility index (Phi) is 7.83. The van der Waals surface area contributed by atoms with E-state index >= 15 is 0 Å². The van der Waals surface area contributed by atoms with Crippen molar-refractivity contribution in [2.45, 2.75) is 47.1 Å². The van der Waals surface area contributed by atoms with Gasteiger partial charge in [-0.15, -0.1) is 0 Å². The fourth-order valence-corrected chi connectivity index (χ4v) is 3.61. The minimum Gasteiger partial charge on any atom is -0.452 e. The molecule has 6 heteroatoms. The van der Waals surface area contributed by atoms with E-state index in [4.69, 9.17) is 4.74 Å². The Labute approximate surface area is 195 Å². The highest BCUT2D eigenvalue weighted by Crippen LogP contribution is 2.23. The third-order valence-corrected chi connectivity index (χ3v) is 5.48. The molecule has 1 heterocycles. The second-order valence-electron chi connectivity index (χ2n) is 8.46. The van der Waals surface area contributed by atoms with E-state index in [0.29, 0.717) is 6.54 Å². The SMILES string of the molecule is Cc1ccc(Cn2nc(C)c(/C=C/C(=O)OCC(=O)Nc3ccccc3C(C)C)c2C)cc1. The van der Waals surface area contributed by atoms with Crippen molar-refractivity contribution < 1.29 is 14.3 Å². The van der Waals surface area contributed by atoms with Crippen molar-refractivity contribution in [1.29, 1.82) is 0 Å². The zero-order valence-corrected chi connectivity index (χ0v) is 19.9. The number of aromatic nitrogens is 2. The van der Waals surface area contributed by atoms with Crippen LogP contribution in [0.15, 0.2) is 54.6 Å². The standard InChI is InChI=1S/C27H31N3O3/c1-18(2)23-8-6-7-9-25(23)28-26(31)17-33-27(32)15-14-24-20(4)29-30(21(24)5)16-22-12-10-19(3)11-13-22/h6-15,18H,16-17H2,1-5H3,(H,28,31)/b15-14+. The van der Waals surface area contributed by atoms with E-state index in [9.17, 15) is 9.59 Å². The molecule has 3 rings (SSSR count). The molecule has 0 saturated heterocycles. The minimum atomic E-state index is -0.577. The molecule has 0 spiro atoms. The van der Waals surface area contributed by atoms with Crippen molar-refractivity contribution in [1.82, 2.24) is 9.78 Å². The number of hydrogen-bond donors (Lipinski definition) is 1. The lowest BCUT2D eigenvalue weighted by atomic mass is 10.0. The molecule has 0 radical (unpaired) electrons. The molecule has 1 aromatic heterocycles. The predicted molar refractivity (Wildman–Crippen MR) is 131 cm³/mol. The lowest BCUT2D eigenvalue weighted by Gasteiger charge is -2.13. The van der Waals surface area contributed by atoms with Crippen LogP contribution < -0.4 is 5.32 Å². The number of carbonyl (C=O) groups is 2. The second kappa shape index (κ2) is 10.8. The van der Waals surface area contributed by atoms with Crippen molar-refractivity contribution in [2.24, 2.45) is 0 Å². The van der Waals surface area contributed by atoms with E-state index in [1.54, 1.807) is 6.08 Å². The van der Waals surface area contributed by atoms with E-state index in [0.717, 1.165) is 33.8 Å². The number of esters is 1. The molecule has 0 fully saturated rings. The molecule has 0 unspecified atom stereocenters. The van der Waals surface area contributed by atoms with Crippen molar-refractivity contribution in [3.05, 3.63) is 88.2 Å². The highest BCUT2D eigenvalue weighted by molar-refractivity contribution is 5.95. The summed E-state index contributed by atoms with van der Waals surface area (Å²) < 4.78 is 7.05. The van der Waals surface area contributed by atoms with Gasteiger partial charge in [0.1, 0.15) is 0 Å². The Hall–Kier alpha value is -3.67. The van der Waals surface area contributed by atoms with Crippen LogP contribution in [-0.2, 0) is 20.9 Å². The third-order valence-electron chi connectivity index (χ3n) is 5.48. The summed E-state index contributed by atoms with van der Waals surface area (Å²) in [4.78, 5) is 24.4. The summed E-state index contributed by atoms with van der Waals surface area (Å²) in [6.45, 7) is 10.4. The van der Waals surface area contributed by atoms with Crippen LogP contribution >= 0.6 is 0 Å². The average Bonchev–Trinajstić information content (AvgIpc) is 3.05. The summed E-state index contributed by atoms with van der Waals surface area (Å²) in [5.41, 5.74) is 6.79. The maximum atomic E-state index is 12.2. The van der Waals surface area contributed by atoms with Gasteiger partial charge in [-0.3, -0.25) is 9.48 Å². The van der Waals surface area contributed by atoms with Crippen molar-refractivity contribution in [2.75, 3.05) is 11.9 Å². The van der Waals surface area contributed by atoms with E-state index in [1.165, 1.54) is 11.6 Å². The van der Waals surface area contributed by atoms with E-state index in [2.05, 4.69) is 55.5 Å². The molecule has 0 atom stereocenters. The van der Waals surface area contributed by atoms with Gasteiger partial charge in [-0.05, 0) is 50.0 Å². The fraction of sp³-hybridized carbons (Fsp3) is 0.296. The first kappa shape index (κ1) is 24.0. The summed E-state index contributed by atoms with van der Waals surface area (Å²) in [5, 5.41) is 7.41. The fourth-order valence-electron chi connectivity index (χ4n) is 3.61. The molecule has 0 aliphatic rings. The first-order valence-electron chi connectivity index (χ1n) is 11.1. The van der Waals surface area contributed by atoms with Gasteiger partial charge in [0.25, 0.3) is 5.91 Å². The van der Waals surface area contributed by atoms with Crippen LogP contribution in [0.3, 0.4) is 0 Å². The van der Waals surface area contributed by atoms with E-state index in [-0.39, 0.29) is 18.4 Å². The highest BCUT2D eigenvalue weighted by atomic mass is 16.5. The van der Waals surface area contributed by atoms with Gasteiger partial charge < -0.3 is 10.1 Å². The van der Waals surface area contributed by atoms with Crippen LogP contribution in [0.1, 0.15) is 53.4 Å². The highest BCUT2D eigenvalue weighted by Gasteiger charge is 2.12. The van der Waals surface area contributed by atoms with Gasteiger partial charge in [0.15, 0.2) is 6.61 Å². The summed E-state index contributed by atoms with van der Waals surface area (Å²) in [7, 11) is 0. The molecule has 1 N–H and O–H groups in total. The average molecular weight is 446 g/mol. The van der Waals surface area contributed by atoms with Crippen molar-refractivity contribution >= 4 is 23.6 Å². The smallest absolute Gasteiger partial charge is 0.331 e. The first-order valence-corrected chi connectivity index (χ1v) is 11.1. The molecule has 172 valence electrons. The minimum absolute atomic E-state index is 0.269. The summed E-state index contributed by atoms with van der Waals surface area (Å²) in [6.07, 6.45) is 3.03. The second-order valence-corrected chi connectivity index (χ2v) is 8.46. The number of ether oxygens (including phenoxy) is 1. The largest absolute Gasteiger partial charge is 0.452 e. The van der Waals surface area contributed by atoms with E-state index < -0.39 is 5.97 Å². The number of nitrogens with zero attached hydrogens (tertiary/aromatic N) is 2. The van der Waals surface area contributed by atoms with Gasteiger partial charge in [0.05, 0.1) is 12.2 Å². The van der Waals surface area contributed by atoms with Crippen molar-refractivity contribution in [3.63, 3.8) is 0 Å². The van der Waals surface area contributed by atoms with E-state index in [1.807, 2.05) is 42.8 Å². The molecule has 0 saturated carbocycles. The van der Waals surface area contributed by atoms with Crippen LogP contribution in [0.2, 0.25) is 0 Å². The van der Waals surface area contributed by atoms with Gasteiger partial charge in [-0.25, -0.2) is 4.79 Å². The van der Waals surface area contributed by atoms with Crippen LogP contribution in [0.25, 0.3) is 6.08 Å². The number of rotatable bonds is 8. The van der Waals surface area contributed by atoms with Crippen LogP contribution in [0.5, 0.6) is 0 Å². The maximum absolute atomic E-state index is 12.2. The molecule has 6 nitrogen and oxygen atoms in total. The van der Waals surface area contributed by atoms with Crippen LogP contribution in [-0.4, -0.2) is 28.3 Å². The predicted octanol–water partition coefficient (Wildman–Crippen LogP) is 5.18. The zero-order valence-electron chi connectivity index (χ0n) is 19.9. The molecule has 1 amide bonds. The monoisotopic (exact) mass is 445 g/mol. The summed E-state index contributed by atoms with van der Waals surface area (Å²) in [5.74, 6) is -0.680. The topological polar surface area (TPSA) is 73.2 Å². The Morgan fingerprint density at radius 3 is 2.45 bits per heavy atom. The third kappa shape index (κ3) is 6.42. The number of benzene rings is 2. The number of amides is 1. The summed E-state index contributed by atoms with van der Waals surface area (Å²) in [6, 6.07) is 15.9. The lowest BCUT2D eigenvalue weighted by Crippen LogP contribution is -2.21. The molecular weight excluding hydrogens is 414 g/mol. The number of nitrogens with one attached hydrogen (secondary N) is 1. The number of anilines is 1. The number of aryl methyl sites for hydroxylation is 2. The molecule has 3 aromatic rings. The van der Waals surface area contributed by atoms with Gasteiger partial charge >= 0.3 is 5.97 Å². The first-order chi connectivity index (χ1) is 15.7. The van der Waals surface area contributed by atoms with Gasteiger partial charge in [0.2, 0.25) is 0 Å². The summed E-state index contributed by atoms with van der Waals surface area (Å²) >= 11 is 0. The number of carbonyl (C=O) groups excluding carboxylic acids is 2. The Morgan fingerprint density at radius 1 is 1.06 bits per heavy atom. The quantitative estimate of drug-likeness (QED) is 0.383. The van der Waals surface area contributed by atoms with Gasteiger partial charge in [-0.2, -0.15) is 5.10 Å². The van der Waals surface area contributed by atoms with Gasteiger partial charge in [0, 0.05) is 23.0 Å². The lowest BCUT2D eigenvalue weighted by molar-refractivity contribution is -0.142. The molecule has 0 aliphatic heterocycles. The molecule has 2 aromatic carbocycles. The Balaban J connectivity index is 1.58. The molecule has 33 heavy (non-hydrogen) atoms. The molecular formula is C27H31N3O3. The van der Waals surface area contributed by atoms with Gasteiger partial charge in [-0.1, -0.05) is 61.9 Å². The van der Waals surface area contributed by atoms with Crippen LogP contribution in [0, 0.1) is 20.8 Å². The zero-order chi connectivity index (χ0) is 24.0. The normalized spacial score (nSPS) is 11.2.